The standard InChI is InChI=1S/C16H17N5OS/c1-2-16(11-17)6-8-21(14(16)22)13-5-7-18-15(20-13)19-10-12-4-3-9-23-12/h3-5,7,9H,2,6,8,10H2,1H3,(H,18,19,20). The Morgan fingerprint density at radius 1 is 1.52 bits per heavy atom. The lowest BCUT2D eigenvalue weighted by molar-refractivity contribution is -0.123. The van der Waals surface area contributed by atoms with Crippen LogP contribution >= 0.6 is 11.3 Å². The minimum atomic E-state index is -0.907. The zero-order valence-electron chi connectivity index (χ0n) is 12.8. The summed E-state index contributed by atoms with van der Waals surface area (Å²) in [6.45, 7) is 3.03. The number of rotatable bonds is 5. The highest BCUT2D eigenvalue weighted by Crippen LogP contribution is 2.36. The van der Waals surface area contributed by atoms with Crippen LogP contribution < -0.4 is 10.2 Å². The number of thiophene rings is 1. The van der Waals surface area contributed by atoms with Crippen molar-refractivity contribution in [1.82, 2.24) is 9.97 Å². The van der Waals surface area contributed by atoms with Gasteiger partial charge in [-0.2, -0.15) is 10.2 Å². The van der Waals surface area contributed by atoms with Crippen molar-refractivity contribution >= 4 is 29.0 Å². The number of nitrogens with zero attached hydrogens (tertiary/aromatic N) is 4. The van der Waals surface area contributed by atoms with Crippen LogP contribution in [-0.4, -0.2) is 22.4 Å². The molecule has 1 N–H and O–H groups in total. The first-order valence-electron chi connectivity index (χ1n) is 7.51. The molecule has 2 aromatic rings. The highest BCUT2D eigenvalue weighted by Gasteiger charge is 2.46. The van der Waals surface area contributed by atoms with Crippen molar-refractivity contribution in [3.8, 4) is 6.07 Å². The molecule has 1 aliphatic heterocycles. The van der Waals surface area contributed by atoms with Crippen LogP contribution in [0.2, 0.25) is 0 Å². The van der Waals surface area contributed by atoms with E-state index in [1.807, 2.05) is 24.4 Å². The molecule has 0 bridgehead atoms. The van der Waals surface area contributed by atoms with Gasteiger partial charge in [-0.3, -0.25) is 9.69 Å². The van der Waals surface area contributed by atoms with Crippen LogP contribution in [0, 0.1) is 16.7 Å². The van der Waals surface area contributed by atoms with Gasteiger partial charge in [0.05, 0.1) is 12.6 Å². The molecular formula is C16H17N5OS. The number of carbonyl (C=O) groups excluding carboxylic acids is 1. The second-order valence-electron chi connectivity index (χ2n) is 5.43. The Hall–Kier alpha value is -2.46. The van der Waals surface area contributed by atoms with Gasteiger partial charge in [0.25, 0.3) is 0 Å². The largest absolute Gasteiger partial charge is 0.349 e. The third-order valence-electron chi connectivity index (χ3n) is 4.15. The van der Waals surface area contributed by atoms with E-state index in [0.29, 0.717) is 37.7 Å². The van der Waals surface area contributed by atoms with Crippen molar-refractivity contribution in [2.24, 2.45) is 5.41 Å². The molecule has 1 amide bonds. The predicted molar refractivity (Wildman–Crippen MR) is 89.0 cm³/mol. The van der Waals surface area contributed by atoms with Crippen LogP contribution in [0.15, 0.2) is 29.8 Å². The molecule has 0 radical (unpaired) electrons. The number of carbonyl (C=O) groups is 1. The molecule has 3 heterocycles. The van der Waals surface area contributed by atoms with E-state index in [1.54, 1.807) is 28.5 Å². The molecule has 1 fully saturated rings. The molecule has 7 heteroatoms. The number of nitriles is 1. The smallest absolute Gasteiger partial charge is 0.248 e. The summed E-state index contributed by atoms with van der Waals surface area (Å²) < 4.78 is 0. The number of hydrogen-bond donors (Lipinski definition) is 1. The molecule has 6 nitrogen and oxygen atoms in total. The van der Waals surface area contributed by atoms with Crippen molar-refractivity contribution in [3.05, 3.63) is 34.7 Å². The molecule has 1 aliphatic rings. The van der Waals surface area contributed by atoms with E-state index in [2.05, 4.69) is 21.4 Å². The van der Waals surface area contributed by atoms with Gasteiger partial charge in [0.15, 0.2) is 0 Å². The number of amides is 1. The van der Waals surface area contributed by atoms with Gasteiger partial charge in [0, 0.05) is 17.6 Å². The van der Waals surface area contributed by atoms with Crippen LogP contribution in [0.1, 0.15) is 24.6 Å². The molecule has 1 unspecified atom stereocenters. The van der Waals surface area contributed by atoms with Crippen molar-refractivity contribution < 1.29 is 4.79 Å². The highest BCUT2D eigenvalue weighted by atomic mass is 32.1. The maximum absolute atomic E-state index is 12.6. The Morgan fingerprint density at radius 2 is 2.39 bits per heavy atom. The van der Waals surface area contributed by atoms with Gasteiger partial charge in [-0.15, -0.1) is 11.3 Å². The molecule has 3 rings (SSSR count). The fourth-order valence-corrected chi connectivity index (χ4v) is 3.31. The van der Waals surface area contributed by atoms with E-state index in [1.165, 1.54) is 4.88 Å². The Kier molecular flexibility index (Phi) is 4.26. The monoisotopic (exact) mass is 327 g/mol. The van der Waals surface area contributed by atoms with Gasteiger partial charge in [-0.05, 0) is 30.4 Å². The molecule has 1 atom stereocenters. The van der Waals surface area contributed by atoms with E-state index < -0.39 is 5.41 Å². The van der Waals surface area contributed by atoms with Gasteiger partial charge in [-0.25, -0.2) is 4.98 Å². The molecule has 0 spiro atoms. The van der Waals surface area contributed by atoms with Crippen LogP contribution in [0.3, 0.4) is 0 Å². The summed E-state index contributed by atoms with van der Waals surface area (Å²) in [5, 5.41) is 14.5. The second kappa shape index (κ2) is 6.34. The number of anilines is 2. The van der Waals surface area contributed by atoms with Gasteiger partial charge in [0.1, 0.15) is 11.2 Å². The third kappa shape index (κ3) is 2.90. The summed E-state index contributed by atoms with van der Waals surface area (Å²) in [4.78, 5) is 24.0. The fourth-order valence-electron chi connectivity index (χ4n) is 2.66. The van der Waals surface area contributed by atoms with Crippen LogP contribution in [0.25, 0.3) is 0 Å². The summed E-state index contributed by atoms with van der Waals surface area (Å²) in [5.74, 6) is 0.865. The normalized spacial score (nSPS) is 20.5. The maximum atomic E-state index is 12.6. The first-order valence-corrected chi connectivity index (χ1v) is 8.39. The van der Waals surface area contributed by atoms with E-state index in [-0.39, 0.29) is 5.91 Å². The van der Waals surface area contributed by atoms with Crippen molar-refractivity contribution in [2.75, 3.05) is 16.8 Å². The summed E-state index contributed by atoms with van der Waals surface area (Å²) in [7, 11) is 0. The number of aromatic nitrogens is 2. The number of hydrogen-bond acceptors (Lipinski definition) is 6. The fraction of sp³-hybridized carbons (Fsp3) is 0.375. The molecule has 2 aromatic heterocycles. The summed E-state index contributed by atoms with van der Waals surface area (Å²) in [5.41, 5.74) is -0.907. The van der Waals surface area contributed by atoms with Crippen molar-refractivity contribution in [3.63, 3.8) is 0 Å². The van der Waals surface area contributed by atoms with Crippen LogP contribution in [-0.2, 0) is 11.3 Å². The van der Waals surface area contributed by atoms with Crippen molar-refractivity contribution in [2.45, 2.75) is 26.3 Å². The first kappa shape index (κ1) is 15.4. The molecule has 0 aromatic carbocycles. The average Bonchev–Trinajstić information content (AvgIpc) is 3.21. The number of nitrogens with one attached hydrogen (secondary N) is 1. The Bertz CT molecular complexity index is 739. The molecule has 1 saturated heterocycles. The minimum absolute atomic E-state index is 0.162. The molecule has 118 valence electrons. The summed E-state index contributed by atoms with van der Waals surface area (Å²) in [6.07, 6.45) is 2.69. The lowest BCUT2D eigenvalue weighted by Crippen LogP contribution is -2.33. The maximum Gasteiger partial charge on any atom is 0.248 e. The molecular weight excluding hydrogens is 310 g/mol. The van der Waals surface area contributed by atoms with Crippen LogP contribution in [0.4, 0.5) is 11.8 Å². The van der Waals surface area contributed by atoms with Crippen molar-refractivity contribution in [1.29, 1.82) is 5.26 Å². The van der Waals surface area contributed by atoms with Gasteiger partial charge >= 0.3 is 0 Å². The molecule has 0 saturated carbocycles. The van der Waals surface area contributed by atoms with E-state index in [9.17, 15) is 10.1 Å². The third-order valence-corrected chi connectivity index (χ3v) is 5.03. The lowest BCUT2D eigenvalue weighted by Gasteiger charge is -2.19. The second-order valence-corrected chi connectivity index (χ2v) is 6.46. The summed E-state index contributed by atoms with van der Waals surface area (Å²) in [6, 6.07) is 7.92. The van der Waals surface area contributed by atoms with E-state index in [4.69, 9.17) is 0 Å². The molecule has 23 heavy (non-hydrogen) atoms. The summed E-state index contributed by atoms with van der Waals surface area (Å²) >= 11 is 1.66. The quantitative estimate of drug-likeness (QED) is 0.913. The Morgan fingerprint density at radius 3 is 3.04 bits per heavy atom. The van der Waals surface area contributed by atoms with Gasteiger partial charge < -0.3 is 5.32 Å². The van der Waals surface area contributed by atoms with Gasteiger partial charge in [0.2, 0.25) is 11.9 Å². The highest BCUT2D eigenvalue weighted by molar-refractivity contribution is 7.09. The lowest BCUT2D eigenvalue weighted by atomic mass is 9.85. The Balaban J connectivity index is 1.75. The average molecular weight is 327 g/mol. The zero-order chi connectivity index (χ0) is 16.3. The minimum Gasteiger partial charge on any atom is -0.349 e. The van der Waals surface area contributed by atoms with Crippen LogP contribution in [0.5, 0.6) is 0 Å². The van der Waals surface area contributed by atoms with E-state index >= 15 is 0 Å². The Labute approximate surface area is 138 Å². The first-order chi connectivity index (χ1) is 11.2. The zero-order valence-corrected chi connectivity index (χ0v) is 13.6. The van der Waals surface area contributed by atoms with Gasteiger partial charge in [-0.1, -0.05) is 13.0 Å². The topological polar surface area (TPSA) is 81.9 Å². The SMILES string of the molecule is CCC1(C#N)CCN(c2ccnc(NCc3cccs3)n2)C1=O. The van der Waals surface area contributed by atoms with E-state index in [0.717, 1.165) is 0 Å². The predicted octanol–water partition coefficient (Wildman–Crippen LogP) is 2.81. The molecule has 0 aliphatic carbocycles.